The number of nitrogens with zero attached hydrogens (tertiary/aromatic N) is 1. The fourth-order valence-electron chi connectivity index (χ4n) is 2.65. The minimum Gasteiger partial charge on any atom is -0.352 e. The second-order valence-electron chi connectivity index (χ2n) is 6.15. The number of nitrogens with one attached hydrogen (secondary N) is 2. The number of Topliss-reactive ketones (excluding diaryl/α,β-unsaturated/α-hetero) is 1. The quantitative estimate of drug-likeness (QED) is 0.791. The van der Waals surface area contributed by atoms with Crippen LogP contribution in [0.3, 0.4) is 0 Å². The maximum atomic E-state index is 12.3. The van der Waals surface area contributed by atoms with Crippen molar-refractivity contribution in [3.63, 3.8) is 0 Å². The lowest BCUT2D eigenvalue weighted by Gasteiger charge is -2.07. The molecule has 0 radical (unpaired) electrons. The monoisotopic (exact) mass is 337 g/mol. The van der Waals surface area contributed by atoms with Crippen LogP contribution in [0, 0.1) is 11.8 Å². The van der Waals surface area contributed by atoms with Gasteiger partial charge in [0, 0.05) is 30.2 Å². The van der Waals surface area contributed by atoms with E-state index in [1.807, 2.05) is 12.1 Å². The van der Waals surface area contributed by atoms with Crippen molar-refractivity contribution in [3.8, 4) is 0 Å². The molecular formula is C19H19N3O3. The van der Waals surface area contributed by atoms with E-state index < -0.39 is 0 Å². The maximum Gasteiger partial charge on any atom is 0.228 e. The van der Waals surface area contributed by atoms with Gasteiger partial charge in [-0.25, -0.2) is 0 Å². The Morgan fingerprint density at radius 3 is 2.64 bits per heavy atom. The van der Waals surface area contributed by atoms with Crippen molar-refractivity contribution in [2.24, 2.45) is 11.8 Å². The van der Waals surface area contributed by atoms with Crippen LogP contribution in [0.5, 0.6) is 0 Å². The van der Waals surface area contributed by atoms with Crippen molar-refractivity contribution in [1.29, 1.82) is 0 Å². The lowest BCUT2D eigenvalue weighted by Crippen LogP contribution is -2.27. The van der Waals surface area contributed by atoms with E-state index in [0.29, 0.717) is 24.2 Å². The van der Waals surface area contributed by atoms with Gasteiger partial charge in [0.25, 0.3) is 0 Å². The Labute approximate surface area is 145 Å². The van der Waals surface area contributed by atoms with E-state index in [2.05, 4.69) is 15.6 Å². The van der Waals surface area contributed by atoms with Gasteiger partial charge in [-0.05, 0) is 37.1 Å². The second-order valence-corrected chi connectivity index (χ2v) is 6.15. The van der Waals surface area contributed by atoms with E-state index in [1.165, 1.54) is 6.92 Å². The number of pyridine rings is 1. The third kappa shape index (κ3) is 4.29. The first-order chi connectivity index (χ1) is 12.0. The van der Waals surface area contributed by atoms with Crippen LogP contribution in [0.1, 0.15) is 29.3 Å². The Hall–Kier alpha value is -3.02. The fourth-order valence-corrected chi connectivity index (χ4v) is 2.65. The molecule has 0 bridgehead atoms. The summed E-state index contributed by atoms with van der Waals surface area (Å²) in [5, 5.41) is 5.61. The number of benzene rings is 1. The van der Waals surface area contributed by atoms with Crippen LogP contribution in [0.25, 0.3) is 0 Å². The highest BCUT2D eigenvalue weighted by Gasteiger charge is 2.47. The third-order valence-corrected chi connectivity index (χ3v) is 4.19. The molecule has 2 unspecified atom stereocenters. The van der Waals surface area contributed by atoms with E-state index in [-0.39, 0.29) is 29.4 Å². The Balaban J connectivity index is 1.51. The van der Waals surface area contributed by atoms with Gasteiger partial charge in [-0.1, -0.05) is 18.2 Å². The number of hydrogen-bond acceptors (Lipinski definition) is 4. The Morgan fingerprint density at radius 2 is 1.92 bits per heavy atom. The summed E-state index contributed by atoms with van der Waals surface area (Å²) in [6.45, 7) is 1.88. The Morgan fingerprint density at radius 1 is 1.12 bits per heavy atom. The predicted octanol–water partition coefficient (Wildman–Crippen LogP) is 2.18. The summed E-state index contributed by atoms with van der Waals surface area (Å²) in [6, 6.07) is 10.5. The molecule has 2 aromatic rings. The molecule has 25 heavy (non-hydrogen) atoms. The van der Waals surface area contributed by atoms with Gasteiger partial charge in [-0.15, -0.1) is 0 Å². The number of rotatable bonds is 6. The smallest absolute Gasteiger partial charge is 0.228 e. The third-order valence-electron chi connectivity index (χ3n) is 4.19. The zero-order valence-electron chi connectivity index (χ0n) is 13.9. The molecule has 1 aliphatic rings. The highest BCUT2D eigenvalue weighted by atomic mass is 16.2. The predicted molar refractivity (Wildman–Crippen MR) is 92.8 cm³/mol. The molecule has 1 fully saturated rings. The number of ketones is 1. The summed E-state index contributed by atoms with van der Waals surface area (Å²) in [5.41, 5.74) is 2.03. The molecule has 0 aliphatic heterocycles. The molecule has 2 amide bonds. The first kappa shape index (κ1) is 16.8. The minimum atomic E-state index is -0.324. The summed E-state index contributed by atoms with van der Waals surface area (Å²) in [4.78, 5) is 39.8. The van der Waals surface area contributed by atoms with Crippen LogP contribution in [-0.2, 0) is 16.1 Å². The standard InChI is InChI=1S/C19H19N3O3/c1-12(23)14-5-2-6-15(8-14)22-19(25)17-9-16(17)18(24)21-11-13-4-3-7-20-10-13/h2-8,10,16-17H,9,11H2,1H3,(H,21,24)(H,22,25). The molecule has 2 atom stereocenters. The average molecular weight is 337 g/mol. The van der Waals surface area contributed by atoms with Crippen molar-refractivity contribution in [2.45, 2.75) is 19.9 Å². The van der Waals surface area contributed by atoms with Gasteiger partial charge in [0.05, 0.1) is 11.8 Å². The molecule has 0 spiro atoms. The van der Waals surface area contributed by atoms with Crippen LogP contribution in [0.4, 0.5) is 5.69 Å². The summed E-state index contributed by atoms with van der Waals surface area (Å²) in [7, 11) is 0. The highest BCUT2D eigenvalue weighted by molar-refractivity contribution is 6.01. The van der Waals surface area contributed by atoms with Gasteiger partial charge in [-0.2, -0.15) is 0 Å². The van der Waals surface area contributed by atoms with E-state index in [4.69, 9.17) is 0 Å². The molecule has 6 heteroatoms. The van der Waals surface area contributed by atoms with Crippen LogP contribution in [0.15, 0.2) is 48.8 Å². The maximum absolute atomic E-state index is 12.3. The molecule has 1 aromatic heterocycles. The highest BCUT2D eigenvalue weighted by Crippen LogP contribution is 2.39. The van der Waals surface area contributed by atoms with Crippen molar-refractivity contribution < 1.29 is 14.4 Å². The molecule has 1 saturated carbocycles. The Kier molecular flexibility index (Phi) is 4.88. The van der Waals surface area contributed by atoms with Crippen LogP contribution >= 0.6 is 0 Å². The molecule has 0 saturated heterocycles. The zero-order valence-corrected chi connectivity index (χ0v) is 13.9. The summed E-state index contributed by atoms with van der Waals surface area (Å²) >= 11 is 0. The van der Waals surface area contributed by atoms with Crippen molar-refractivity contribution in [2.75, 3.05) is 5.32 Å². The van der Waals surface area contributed by atoms with Crippen molar-refractivity contribution in [3.05, 3.63) is 59.9 Å². The van der Waals surface area contributed by atoms with E-state index in [9.17, 15) is 14.4 Å². The first-order valence-corrected chi connectivity index (χ1v) is 8.13. The number of aromatic nitrogens is 1. The van der Waals surface area contributed by atoms with Gasteiger partial charge in [-0.3, -0.25) is 19.4 Å². The largest absolute Gasteiger partial charge is 0.352 e. The number of carbonyl (C=O) groups excluding carboxylic acids is 3. The number of carbonyl (C=O) groups is 3. The van der Waals surface area contributed by atoms with Gasteiger partial charge < -0.3 is 10.6 Å². The number of hydrogen-bond donors (Lipinski definition) is 2. The molecule has 1 aliphatic carbocycles. The molecular weight excluding hydrogens is 318 g/mol. The SMILES string of the molecule is CC(=O)c1cccc(NC(=O)C2CC2C(=O)NCc2cccnc2)c1. The second kappa shape index (κ2) is 7.25. The van der Waals surface area contributed by atoms with Gasteiger partial charge in [0.15, 0.2) is 5.78 Å². The fraction of sp³-hybridized carbons (Fsp3) is 0.263. The Bertz CT molecular complexity index is 805. The summed E-state index contributed by atoms with van der Waals surface area (Å²) < 4.78 is 0. The minimum absolute atomic E-state index is 0.0600. The van der Waals surface area contributed by atoms with Crippen LogP contribution in [-0.4, -0.2) is 22.6 Å². The lowest BCUT2D eigenvalue weighted by molar-refractivity contribution is -0.125. The molecule has 1 heterocycles. The number of anilines is 1. The molecule has 1 aromatic carbocycles. The number of amides is 2. The van der Waals surface area contributed by atoms with Crippen LogP contribution in [0.2, 0.25) is 0 Å². The summed E-state index contributed by atoms with van der Waals surface area (Å²) in [5.74, 6) is -0.999. The van der Waals surface area contributed by atoms with Gasteiger partial charge in [0.2, 0.25) is 11.8 Å². The van der Waals surface area contributed by atoms with Gasteiger partial charge >= 0.3 is 0 Å². The van der Waals surface area contributed by atoms with Crippen molar-refractivity contribution >= 4 is 23.3 Å². The zero-order chi connectivity index (χ0) is 17.8. The molecule has 128 valence electrons. The lowest BCUT2D eigenvalue weighted by atomic mass is 10.1. The van der Waals surface area contributed by atoms with E-state index in [1.54, 1.807) is 36.7 Å². The van der Waals surface area contributed by atoms with E-state index in [0.717, 1.165) is 5.56 Å². The van der Waals surface area contributed by atoms with Crippen LogP contribution < -0.4 is 10.6 Å². The molecule has 6 nitrogen and oxygen atoms in total. The molecule has 3 rings (SSSR count). The van der Waals surface area contributed by atoms with E-state index >= 15 is 0 Å². The summed E-state index contributed by atoms with van der Waals surface area (Å²) in [6.07, 6.45) is 3.91. The normalized spacial score (nSPS) is 18.3. The topological polar surface area (TPSA) is 88.2 Å². The average Bonchev–Trinajstić information content (AvgIpc) is 3.42. The first-order valence-electron chi connectivity index (χ1n) is 8.13. The molecule has 2 N–H and O–H groups in total. The van der Waals surface area contributed by atoms with Crippen molar-refractivity contribution in [1.82, 2.24) is 10.3 Å². The van der Waals surface area contributed by atoms with Gasteiger partial charge in [0.1, 0.15) is 0 Å².